The van der Waals surface area contributed by atoms with E-state index in [-0.39, 0.29) is 5.56 Å². The van der Waals surface area contributed by atoms with Crippen molar-refractivity contribution in [3.8, 4) is 16.9 Å². The summed E-state index contributed by atoms with van der Waals surface area (Å²) in [4.78, 5) is 24.5. The standard InChI is InChI=1S/C9H7NO3/c1-4-2-5(3-10-4)6-7(11)9(13)8(6)12/h2-3,10-11H,1H3. The van der Waals surface area contributed by atoms with E-state index >= 15 is 0 Å². The van der Waals surface area contributed by atoms with Gasteiger partial charge >= 0.3 is 0 Å². The average Bonchev–Trinajstić information content (AvgIpc) is 2.51. The van der Waals surface area contributed by atoms with Crippen LogP contribution < -0.4 is 10.9 Å². The van der Waals surface area contributed by atoms with E-state index in [0.29, 0.717) is 5.56 Å². The number of hydrogen-bond donors (Lipinski definition) is 2. The molecule has 1 heterocycles. The topological polar surface area (TPSA) is 70.2 Å². The molecule has 0 unspecified atom stereocenters. The quantitative estimate of drug-likeness (QED) is 0.615. The predicted octanol–water partition coefficient (Wildman–Crippen LogP) is 0.292. The highest BCUT2D eigenvalue weighted by molar-refractivity contribution is 5.73. The molecule has 0 bridgehead atoms. The maximum atomic E-state index is 11.0. The molecule has 4 nitrogen and oxygen atoms in total. The summed E-state index contributed by atoms with van der Waals surface area (Å²) < 4.78 is 0. The monoisotopic (exact) mass is 177 g/mol. The minimum atomic E-state index is -0.797. The third kappa shape index (κ3) is 0.917. The molecule has 2 aromatic rings. The van der Waals surface area contributed by atoms with E-state index < -0.39 is 16.6 Å². The lowest BCUT2D eigenvalue weighted by Gasteiger charge is -2.01. The summed E-state index contributed by atoms with van der Waals surface area (Å²) in [7, 11) is 0. The van der Waals surface area contributed by atoms with E-state index in [4.69, 9.17) is 5.11 Å². The smallest absolute Gasteiger partial charge is 0.268 e. The van der Waals surface area contributed by atoms with Gasteiger partial charge in [0.1, 0.15) is 0 Å². The van der Waals surface area contributed by atoms with Gasteiger partial charge in [-0.3, -0.25) is 9.59 Å². The first-order valence-corrected chi connectivity index (χ1v) is 3.79. The first-order chi connectivity index (χ1) is 6.11. The first kappa shape index (κ1) is 7.79. The maximum absolute atomic E-state index is 11.0. The zero-order valence-corrected chi connectivity index (χ0v) is 6.92. The van der Waals surface area contributed by atoms with Crippen LogP contribution in [0.4, 0.5) is 0 Å². The van der Waals surface area contributed by atoms with Crippen molar-refractivity contribution in [3.05, 3.63) is 38.4 Å². The Labute approximate surface area is 73.2 Å². The molecule has 13 heavy (non-hydrogen) atoms. The van der Waals surface area contributed by atoms with E-state index in [1.165, 1.54) is 0 Å². The Morgan fingerprint density at radius 3 is 2.46 bits per heavy atom. The fourth-order valence-corrected chi connectivity index (χ4v) is 1.30. The molecule has 66 valence electrons. The second kappa shape index (κ2) is 2.32. The van der Waals surface area contributed by atoms with Gasteiger partial charge in [-0.05, 0) is 13.0 Å². The molecular formula is C9H7NO3. The van der Waals surface area contributed by atoms with Crippen LogP contribution in [0.3, 0.4) is 0 Å². The van der Waals surface area contributed by atoms with Crippen molar-refractivity contribution in [1.82, 2.24) is 4.98 Å². The molecule has 2 N–H and O–H groups in total. The molecule has 0 saturated carbocycles. The summed E-state index contributed by atoms with van der Waals surface area (Å²) in [6.07, 6.45) is 1.59. The summed E-state index contributed by atoms with van der Waals surface area (Å²) in [6.45, 7) is 1.83. The Balaban J connectivity index is 2.62. The van der Waals surface area contributed by atoms with E-state index in [2.05, 4.69) is 4.98 Å². The Hall–Kier alpha value is -1.84. The zero-order chi connectivity index (χ0) is 9.59. The number of rotatable bonds is 1. The number of aromatic amines is 1. The highest BCUT2D eigenvalue weighted by Crippen LogP contribution is 2.24. The van der Waals surface area contributed by atoms with Crippen LogP contribution in [0.5, 0.6) is 5.75 Å². The first-order valence-electron chi connectivity index (χ1n) is 3.79. The fourth-order valence-electron chi connectivity index (χ4n) is 1.30. The van der Waals surface area contributed by atoms with Crippen LogP contribution in [-0.2, 0) is 0 Å². The number of aromatic hydroxyl groups is 1. The van der Waals surface area contributed by atoms with Gasteiger partial charge < -0.3 is 10.1 Å². The Morgan fingerprint density at radius 1 is 1.31 bits per heavy atom. The van der Waals surface area contributed by atoms with Gasteiger partial charge in [-0.2, -0.15) is 0 Å². The van der Waals surface area contributed by atoms with Crippen molar-refractivity contribution >= 4 is 0 Å². The third-order valence-electron chi connectivity index (χ3n) is 2.00. The molecule has 4 heteroatoms. The van der Waals surface area contributed by atoms with Crippen molar-refractivity contribution in [3.63, 3.8) is 0 Å². The number of aromatic nitrogens is 1. The Bertz CT molecular complexity index is 529. The van der Waals surface area contributed by atoms with Crippen molar-refractivity contribution < 1.29 is 5.11 Å². The minimum absolute atomic E-state index is 0.120. The van der Waals surface area contributed by atoms with Gasteiger partial charge in [-0.1, -0.05) is 0 Å². The molecule has 1 aromatic carbocycles. The van der Waals surface area contributed by atoms with Crippen LogP contribution in [0.25, 0.3) is 11.1 Å². The van der Waals surface area contributed by atoms with Gasteiger partial charge in [-0.25, -0.2) is 0 Å². The summed E-state index contributed by atoms with van der Waals surface area (Å²) in [5.74, 6) is -0.427. The Morgan fingerprint density at radius 2 is 2.00 bits per heavy atom. The number of H-pyrrole nitrogens is 1. The van der Waals surface area contributed by atoms with Crippen LogP contribution in [-0.4, -0.2) is 10.1 Å². The van der Waals surface area contributed by atoms with Gasteiger partial charge in [0.2, 0.25) is 5.43 Å². The van der Waals surface area contributed by atoms with Crippen molar-refractivity contribution in [2.45, 2.75) is 6.92 Å². The molecule has 1 aromatic heterocycles. The molecule has 0 radical (unpaired) electrons. The Kier molecular flexibility index (Phi) is 1.39. The van der Waals surface area contributed by atoms with Crippen LogP contribution in [0.15, 0.2) is 21.9 Å². The van der Waals surface area contributed by atoms with Gasteiger partial charge in [0.05, 0.1) is 5.56 Å². The van der Waals surface area contributed by atoms with Gasteiger partial charge in [-0.15, -0.1) is 0 Å². The lowest BCUT2D eigenvalue weighted by Crippen LogP contribution is -2.31. The summed E-state index contributed by atoms with van der Waals surface area (Å²) >= 11 is 0. The summed E-state index contributed by atoms with van der Waals surface area (Å²) in [6, 6.07) is 1.70. The summed E-state index contributed by atoms with van der Waals surface area (Å²) in [5.41, 5.74) is 0.154. The number of nitrogens with one attached hydrogen (secondary N) is 1. The molecular weight excluding hydrogens is 170 g/mol. The molecule has 0 aliphatic heterocycles. The van der Waals surface area contributed by atoms with Gasteiger partial charge in [0.25, 0.3) is 5.43 Å². The van der Waals surface area contributed by atoms with Crippen molar-refractivity contribution in [1.29, 1.82) is 0 Å². The minimum Gasteiger partial charge on any atom is -0.503 e. The van der Waals surface area contributed by atoms with Crippen LogP contribution >= 0.6 is 0 Å². The highest BCUT2D eigenvalue weighted by atomic mass is 16.3. The fraction of sp³-hybridized carbons (Fsp3) is 0.111. The molecule has 0 aliphatic rings. The van der Waals surface area contributed by atoms with Crippen LogP contribution in [0.2, 0.25) is 0 Å². The van der Waals surface area contributed by atoms with E-state index in [1.54, 1.807) is 12.3 Å². The molecule has 0 amide bonds. The predicted molar refractivity (Wildman–Crippen MR) is 47.5 cm³/mol. The normalized spacial score (nSPS) is 10.8. The lowest BCUT2D eigenvalue weighted by molar-refractivity contribution is 0.465. The molecule has 0 saturated heterocycles. The van der Waals surface area contributed by atoms with E-state index in [9.17, 15) is 9.59 Å². The largest absolute Gasteiger partial charge is 0.503 e. The average molecular weight is 177 g/mol. The molecule has 0 fully saturated rings. The maximum Gasteiger partial charge on any atom is 0.268 e. The molecule has 0 aliphatic carbocycles. The SMILES string of the molecule is Cc1cc(-c2c(O)c(=O)c2=O)c[nH]1. The second-order valence-electron chi connectivity index (χ2n) is 2.95. The number of aryl methyl sites for hydroxylation is 1. The summed E-state index contributed by atoms with van der Waals surface area (Å²) in [5, 5.41) is 9.10. The molecule has 2 rings (SSSR count). The molecule has 0 atom stereocenters. The lowest BCUT2D eigenvalue weighted by atomic mass is 10.0. The van der Waals surface area contributed by atoms with E-state index in [1.807, 2.05) is 6.92 Å². The van der Waals surface area contributed by atoms with Crippen LogP contribution in [0.1, 0.15) is 5.69 Å². The highest BCUT2D eigenvalue weighted by Gasteiger charge is 2.21. The zero-order valence-electron chi connectivity index (χ0n) is 6.92. The van der Waals surface area contributed by atoms with Crippen molar-refractivity contribution in [2.75, 3.05) is 0 Å². The second-order valence-corrected chi connectivity index (χ2v) is 2.95. The van der Waals surface area contributed by atoms with Gasteiger partial charge in [0, 0.05) is 17.5 Å². The van der Waals surface area contributed by atoms with Gasteiger partial charge in [0.15, 0.2) is 5.75 Å². The third-order valence-corrected chi connectivity index (χ3v) is 2.00. The van der Waals surface area contributed by atoms with Crippen molar-refractivity contribution in [2.24, 2.45) is 0 Å². The van der Waals surface area contributed by atoms with Crippen LogP contribution in [0, 0.1) is 6.92 Å². The number of hydrogen-bond acceptors (Lipinski definition) is 3. The molecule has 0 spiro atoms. The van der Waals surface area contributed by atoms with E-state index in [0.717, 1.165) is 5.69 Å².